The van der Waals surface area contributed by atoms with Gasteiger partial charge in [-0.05, 0) is 42.0 Å². The Morgan fingerprint density at radius 1 is 1.25 bits per heavy atom. The summed E-state index contributed by atoms with van der Waals surface area (Å²) in [5.74, 6) is -0.700. The van der Waals surface area contributed by atoms with Gasteiger partial charge in [0.1, 0.15) is 6.54 Å². The number of aliphatic carboxylic acids is 1. The topological polar surface area (TPSA) is 66.8 Å². The van der Waals surface area contributed by atoms with Gasteiger partial charge in [-0.15, -0.1) is 0 Å². The molecule has 1 aromatic rings. The van der Waals surface area contributed by atoms with Crippen LogP contribution in [0.15, 0.2) is 18.2 Å². The van der Waals surface area contributed by atoms with Crippen LogP contribution in [0.3, 0.4) is 0 Å². The van der Waals surface area contributed by atoms with E-state index in [9.17, 15) is 9.59 Å². The number of carbonyl (C=O) groups excluding carboxylic acids is 1. The molecule has 5 heteroatoms. The molecule has 0 aromatic heterocycles. The molecular weight excluding hydrogens is 258 g/mol. The van der Waals surface area contributed by atoms with E-state index >= 15 is 0 Å². The predicted octanol–water partition coefficient (Wildman–Crippen LogP) is 1.65. The van der Waals surface area contributed by atoms with Crippen LogP contribution in [0.2, 0.25) is 0 Å². The van der Waals surface area contributed by atoms with Crippen LogP contribution in [0.1, 0.15) is 34.3 Å². The molecule has 1 saturated carbocycles. The molecule has 5 nitrogen and oxygen atoms in total. The maximum absolute atomic E-state index is 12.5. The minimum Gasteiger partial charge on any atom is -0.480 e. The van der Waals surface area contributed by atoms with Gasteiger partial charge in [0.15, 0.2) is 0 Å². The van der Waals surface area contributed by atoms with Gasteiger partial charge in [-0.1, -0.05) is 6.07 Å². The van der Waals surface area contributed by atoms with E-state index in [1.165, 1.54) is 4.90 Å². The lowest BCUT2D eigenvalue weighted by atomic mass is 10.1. The minimum atomic E-state index is -0.969. The molecule has 0 bridgehead atoms. The van der Waals surface area contributed by atoms with Gasteiger partial charge in [-0.3, -0.25) is 9.59 Å². The van der Waals surface area contributed by atoms with Gasteiger partial charge in [0.05, 0.1) is 13.2 Å². The highest BCUT2D eigenvalue weighted by Crippen LogP contribution is 2.30. The standard InChI is InChI=1S/C15H17NO4/c17-14(18)7-16(6-10-1-2-10)15(19)11-3-4-12-8-20-9-13(12)5-11/h3-5,10H,1-2,6-9H2,(H,17,18). The number of benzene rings is 1. The lowest BCUT2D eigenvalue weighted by Crippen LogP contribution is -2.37. The average molecular weight is 275 g/mol. The van der Waals surface area contributed by atoms with Gasteiger partial charge in [0.25, 0.3) is 5.91 Å². The van der Waals surface area contributed by atoms with Gasteiger partial charge >= 0.3 is 5.97 Å². The van der Waals surface area contributed by atoms with Gasteiger partial charge in [0, 0.05) is 12.1 Å². The molecule has 1 amide bonds. The maximum atomic E-state index is 12.5. The first-order valence-corrected chi connectivity index (χ1v) is 6.84. The first-order valence-electron chi connectivity index (χ1n) is 6.84. The average Bonchev–Trinajstić information content (AvgIpc) is 3.11. The summed E-state index contributed by atoms with van der Waals surface area (Å²) in [6.07, 6.45) is 2.17. The van der Waals surface area contributed by atoms with E-state index in [0.717, 1.165) is 24.0 Å². The molecule has 1 fully saturated rings. The summed E-state index contributed by atoms with van der Waals surface area (Å²) in [6, 6.07) is 5.48. The number of hydrogen-bond donors (Lipinski definition) is 1. The van der Waals surface area contributed by atoms with Crippen molar-refractivity contribution in [2.24, 2.45) is 5.92 Å². The number of carboxylic acids is 1. The lowest BCUT2D eigenvalue weighted by molar-refractivity contribution is -0.137. The summed E-state index contributed by atoms with van der Waals surface area (Å²) in [5, 5.41) is 8.95. The largest absolute Gasteiger partial charge is 0.480 e. The van der Waals surface area contributed by atoms with Crippen LogP contribution in [0.4, 0.5) is 0 Å². The van der Waals surface area contributed by atoms with Crippen LogP contribution in [0, 0.1) is 5.92 Å². The summed E-state index contributed by atoms with van der Waals surface area (Å²) >= 11 is 0. The molecular formula is C15H17NO4. The van der Waals surface area contributed by atoms with Crippen LogP contribution in [-0.4, -0.2) is 35.0 Å². The molecule has 106 valence electrons. The third kappa shape index (κ3) is 2.82. The molecule has 0 radical (unpaired) electrons. The first kappa shape index (κ1) is 13.1. The zero-order valence-corrected chi connectivity index (χ0v) is 11.2. The zero-order valence-electron chi connectivity index (χ0n) is 11.2. The summed E-state index contributed by atoms with van der Waals surface area (Å²) < 4.78 is 5.33. The van der Waals surface area contributed by atoms with Crippen molar-refractivity contribution in [1.29, 1.82) is 0 Å². The zero-order chi connectivity index (χ0) is 14.1. The molecule has 20 heavy (non-hydrogen) atoms. The Morgan fingerprint density at radius 2 is 2.00 bits per heavy atom. The van der Waals surface area contributed by atoms with E-state index in [2.05, 4.69) is 0 Å². The Bertz CT molecular complexity index is 551. The van der Waals surface area contributed by atoms with Gasteiger partial charge in [0.2, 0.25) is 0 Å². The maximum Gasteiger partial charge on any atom is 0.323 e. The number of carboxylic acid groups (broad SMARTS) is 1. The monoisotopic (exact) mass is 275 g/mol. The molecule has 1 N–H and O–H groups in total. The minimum absolute atomic E-state index is 0.200. The van der Waals surface area contributed by atoms with Crippen LogP contribution in [0.5, 0.6) is 0 Å². The van der Waals surface area contributed by atoms with E-state index in [-0.39, 0.29) is 12.5 Å². The molecule has 0 atom stereocenters. The van der Waals surface area contributed by atoms with Gasteiger partial charge in [-0.25, -0.2) is 0 Å². The molecule has 0 unspecified atom stereocenters. The molecule has 3 rings (SSSR count). The summed E-state index contributed by atoms with van der Waals surface area (Å²) in [6.45, 7) is 1.42. The lowest BCUT2D eigenvalue weighted by Gasteiger charge is -2.20. The van der Waals surface area contributed by atoms with Crippen molar-refractivity contribution in [3.8, 4) is 0 Å². The smallest absolute Gasteiger partial charge is 0.323 e. The molecule has 0 saturated heterocycles. The predicted molar refractivity (Wildman–Crippen MR) is 71.2 cm³/mol. The molecule has 1 aliphatic heterocycles. The van der Waals surface area contributed by atoms with Crippen molar-refractivity contribution in [1.82, 2.24) is 4.90 Å². The van der Waals surface area contributed by atoms with E-state index in [1.807, 2.05) is 12.1 Å². The van der Waals surface area contributed by atoms with Crippen molar-refractivity contribution in [3.05, 3.63) is 34.9 Å². The van der Waals surface area contributed by atoms with Gasteiger partial charge in [-0.2, -0.15) is 0 Å². The number of ether oxygens (including phenoxy) is 1. The van der Waals surface area contributed by atoms with E-state index < -0.39 is 5.97 Å². The van der Waals surface area contributed by atoms with Crippen molar-refractivity contribution in [2.75, 3.05) is 13.1 Å². The third-order valence-corrected chi connectivity index (χ3v) is 3.76. The molecule has 0 spiro atoms. The highest BCUT2D eigenvalue weighted by molar-refractivity contribution is 5.96. The van der Waals surface area contributed by atoms with E-state index in [0.29, 0.717) is 31.2 Å². The second-order valence-corrected chi connectivity index (χ2v) is 5.50. The fraction of sp³-hybridized carbons (Fsp3) is 0.467. The summed E-state index contributed by atoms with van der Waals surface area (Å²) in [4.78, 5) is 24.8. The highest BCUT2D eigenvalue weighted by atomic mass is 16.5. The van der Waals surface area contributed by atoms with Crippen LogP contribution in [0.25, 0.3) is 0 Å². The number of hydrogen-bond acceptors (Lipinski definition) is 3. The molecule has 1 heterocycles. The molecule has 1 aliphatic carbocycles. The van der Waals surface area contributed by atoms with Crippen molar-refractivity contribution in [2.45, 2.75) is 26.1 Å². The van der Waals surface area contributed by atoms with E-state index in [1.54, 1.807) is 6.07 Å². The van der Waals surface area contributed by atoms with Gasteiger partial charge < -0.3 is 14.7 Å². The normalized spacial score (nSPS) is 16.8. The van der Waals surface area contributed by atoms with Crippen molar-refractivity contribution < 1.29 is 19.4 Å². The third-order valence-electron chi connectivity index (χ3n) is 3.76. The number of rotatable bonds is 5. The number of carbonyl (C=O) groups is 2. The Kier molecular flexibility index (Phi) is 3.44. The van der Waals surface area contributed by atoms with Crippen LogP contribution >= 0.6 is 0 Å². The molecule has 1 aromatic carbocycles. The first-order chi connectivity index (χ1) is 9.63. The second kappa shape index (κ2) is 5.25. The fourth-order valence-electron chi connectivity index (χ4n) is 2.48. The SMILES string of the molecule is O=C(O)CN(CC1CC1)C(=O)c1ccc2c(c1)COC2. The van der Waals surface area contributed by atoms with Crippen molar-refractivity contribution >= 4 is 11.9 Å². The quantitative estimate of drug-likeness (QED) is 0.887. The number of fused-ring (bicyclic) bond motifs is 1. The fourth-order valence-corrected chi connectivity index (χ4v) is 2.48. The van der Waals surface area contributed by atoms with Crippen molar-refractivity contribution in [3.63, 3.8) is 0 Å². The Morgan fingerprint density at radius 3 is 2.70 bits per heavy atom. The molecule has 2 aliphatic rings. The number of amides is 1. The highest BCUT2D eigenvalue weighted by Gasteiger charge is 2.28. The van der Waals surface area contributed by atoms with Crippen LogP contribution in [-0.2, 0) is 22.7 Å². The van der Waals surface area contributed by atoms with E-state index in [4.69, 9.17) is 9.84 Å². The second-order valence-electron chi connectivity index (χ2n) is 5.50. The summed E-state index contributed by atoms with van der Waals surface area (Å²) in [7, 11) is 0. The Hall–Kier alpha value is -1.88. The Balaban J connectivity index is 1.78. The summed E-state index contributed by atoms with van der Waals surface area (Å²) in [5.41, 5.74) is 2.68. The van der Waals surface area contributed by atoms with Crippen LogP contribution < -0.4 is 0 Å². The number of nitrogens with zero attached hydrogens (tertiary/aromatic N) is 1. The Labute approximate surface area is 117 Å².